The van der Waals surface area contributed by atoms with Crippen LogP contribution in [0.15, 0.2) is 11.3 Å². The molecule has 0 amide bonds. The lowest BCUT2D eigenvalue weighted by molar-refractivity contribution is -0.132. The maximum absolute atomic E-state index is 10.6. The molecule has 70 valence electrons. The van der Waals surface area contributed by atoms with Gasteiger partial charge in [-0.05, 0) is 19.3 Å². The Morgan fingerprint density at radius 3 is 2.33 bits per heavy atom. The summed E-state index contributed by atoms with van der Waals surface area (Å²) in [7, 11) is 0. The van der Waals surface area contributed by atoms with Gasteiger partial charge in [-0.2, -0.15) is 0 Å². The van der Waals surface area contributed by atoms with Gasteiger partial charge in [0.15, 0.2) is 0 Å². The molecule has 0 heterocycles. The second-order valence-corrected chi connectivity index (χ2v) is 2.77. The van der Waals surface area contributed by atoms with Crippen LogP contribution in [0.25, 0.3) is 0 Å². The zero-order chi connectivity index (χ0) is 9.56. The minimum atomic E-state index is -0.883. The summed E-state index contributed by atoms with van der Waals surface area (Å²) < 4.78 is 0. The molecule has 0 spiro atoms. The van der Waals surface area contributed by atoms with Gasteiger partial charge >= 0.3 is 5.97 Å². The standard InChI is InChI=1S/C9H17NO2/c1-3-5-6-8(10)7(4-2)9(11)12/h3-6,10H2,1-2H3,(H,11,12)/b8-7-. The van der Waals surface area contributed by atoms with Crippen LogP contribution in [0.3, 0.4) is 0 Å². The molecule has 0 aromatic heterocycles. The van der Waals surface area contributed by atoms with Crippen molar-refractivity contribution in [2.75, 3.05) is 0 Å². The van der Waals surface area contributed by atoms with Crippen molar-refractivity contribution in [1.29, 1.82) is 0 Å². The summed E-state index contributed by atoms with van der Waals surface area (Å²) in [5.41, 5.74) is 6.51. The summed E-state index contributed by atoms with van der Waals surface area (Å²) in [4.78, 5) is 10.6. The second-order valence-electron chi connectivity index (χ2n) is 2.77. The molecule has 0 unspecified atom stereocenters. The van der Waals surface area contributed by atoms with E-state index in [-0.39, 0.29) is 0 Å². The molecule has 3 N–H and O–H groups in total. The molecule has 3 heteroatoms. The monoisotopic (exact) mass is 171 g/mol. The summed E-state index contributed by atoms with van der Waals surface area (Å²) in [6, 6.07) is 0. The fraction of sp³-hybridized carbons (Fsp3) is 0.667. The zero-order valence-electron chi connectivity index (χ0n) is 7.76. The summed E-state index contributed by atoms with van der Waals surface area (Å²) in [6.45, 7) is 3.86. The lowest BCUT2D eigenvalue weighted by Gasteiger charge is -2.04. The van der Waals surface area contributed by atoms with Gasteiger partial charge in [0.2, 0.25) is 0 Å². The second kappa shape index (κ2) is 5.63. The highest BCUT2D eigenvalue weighted by atomic mass is 16.4. The fourth-order valence-corrected chi connectivity index (χ4v) is 1.03. The van der Waals surface area contributed by atoms with Gasteiger partial charge in [0, 0.05) is 5.70 Å². The number of carboxylic acid groups (broad SMARTS) is 1. The largest absolute Gasteiger partial charge is 0.478 e. The van der Waals surface area contributed by atoms with Gasteiger partial charge in [-0.25, -0.2) is 4.79 Å². The van der Waals surface area contributed by atoms with Crippen LogP contribution in [0.5, 0.6) is 0 Å². The molecule has 0 aliphatic carbocycles. The average molecular weight is 171 g/mol. The molecule has 0 saturated heterocycles. The lowest BCUT2D eigenvalue weighted by atomic mass is 10.1. The smallest absolute Gasteiger partial charge is 0.333 e. The van der Waals surface area contributed by atoms with Crippen LogP contribution in [0, 0.1) is 0 Å². The van der Waals surface area contributed by atoms with Crippen molar-refractivity contribution in [2.24, 2.45) is 5.73 Å². The van der Waals surface area contributed by atoms with Crippen LogP contribution in [0.4, 0.5) is 0 Å². The van der Waals surface area contributed by atoms with E-state index < -0.39 is 5.97 Å². The Kier molecular flexibility index (Phi) is 5.17. The molecule has 0 fully saturated rings. The Bertz CT molecular complexity index is 185. The molecule has 0 aliphatic heterocycles. The number of hydrogen-bond acceptors (Lipinski definition) is 2. The first-order chi connectivity index (χ1) is 5.63. The van der Waals surface area contributed by atoms with Gasteiger partial charge in [0.1, 0.15) is 0 Å². The molecule has 0 aromatic rings. The highest BCUT2D eigenvalue weighted by Gasteiger charge is 2.08. The van der Waals surface area contributed by atoms with Gasteiger partial charge in [0.25, 0.3) is 0 Å². The third-order valence-electron chi connectivity index (χ3n) is 1.80. The first-order valence-corrected chi connectivity index (χ1v) is 4.34. The average Bonchev–Trinajstić information content (AvgIpc) is 2.01. The first-order valence-electron chi connectivity index (χ1n) is 4.34. The molecule has 0 saturated carbocycles. The van der Waals surface area contributed by atoms with Crippen LogP contribution in [-0.4, -0.2) is 11.1 Å². The van der Waals surface area contributed by atoms with Crippen molar-refractivity contribution >= 4 is 5.97 Å². The van der Waals surface area contributed by atoms with E-state index in [1.165, 1.54) is 0 Å². The van der Waals surface area contributed by atoms with E-state index in [1.54, 1.807) is 0 Å². The summed E-state index contributed by atoms with van der Waals surface area (Å²) >= 11 is 0. The number of allylic oxidation sites excluding steroid dienone is 1. The predicted molar refractivity (Wildman–Crippen MR) is 48.7 cm³/mol. The maximum Gasteiger partial charge on any atom is 0.333 e. The molecule has 3 nitrogen and oxygen atoms in total. The van der Waals surface area contributed by atoms with Gasteiger partial charge < -0.3 is 10.8 Å². The van der Waals surface area contributed by atoms with Gasteiger partial charge in [0.05, 0.1) is 5.57 Å². The van der Waals surface area contributed by atoms with E-state index in [1.807, 2.05) is 6.92 Å². The molecule has 12 heavy (non-hydrogen) atoms. The van der Waals surface area contributed by atoms with Crippen molar-refractivity contribution < 1.29 is 9.90 Å². The number of hydrogen-bond donors (Lipinski definition) is 2. The minimum absolute atomic E-state index is 0.364. The Morgan fingerprint density at radius 1 is 1.42 bits per heavy atom. The minimum Gasteiger partial charge on any atom is -0.478 e. The number of nitrogens with two attached hydrogens (primary N) is 1. The molecular formula is C9H17NO2. The Morgan fingerprint density at radius 2 is 2.00 bits per heavy atom. The maximum atomic E-state index is 10.6. The van der Waals surface area contributed by atoms with Crippen LogP contribution in [-0.2, 0) is 4.79 Å². The molecule has 0 aliphatic rings. The number of rotatable bonds is 5. The molecule has 0 rings (SSSR count). The highest BCUT2D eigenvalue weighted by molar-refractivity contribution is 5.87. The van der Waals surface area contributed by atoms with Crippen molar-refractivity contribution in [3.63, 3.8) is 0 Å². The molecule has 0 radical (unpaired) electrons. The summed E-state index contributed by atoms with van der Waals surface area (Å²) in [5, 5.41) is 8.71. The van der Waals surface area contributed by atoms with Crippen molar-refractivity contribution in [2.45, 2.75) is 39.5 Å². The van der Waals surface area contributed by atoms with Crippen LogP contribution in [0.1, 0.15) is 39.5 Å². The third kappa shape index (κ3) is 3.42. The lowest BCUT2D eigenvalue weighted by Crippen LogP contribution is -2.09. The highest BCUT2D eigenvalue weighted by Crippen LogP contribution is 2.10. The van der Waals surface area contributed by atoms with Crippen molar-refractivity contribution in [3.05, 3.63) is 11.3 Å². The normalized spacial score (nSPS) is 12.5. The number of unbranched alkanes of at least 4 members (excludes halogenated alkanes) is 1. The van der Waals surface area contributed by atoms with E-state index in [9.17, 15) is 4.79 Å². The Labute approximate surface area is 73.3 Å². The van der Waals surface area contributed by atoms with E-state index in [0.29, 0.717) is 24.1 Å². The molecular weight excluding hydrogens is 154 g/mol. The van der Waals surface area contributed by atoms with E-state index in [4.69, 9.17) is 10.8 Å². The van der Waals surface area contributed by atoms with Gasteiger partial charge in [-0.3, -0.25) is 0 Å². The molecule has 0 bridgehead atoms. The van der Waals surface area contributed by atoms with Crippen LogP contribution in [0.2, 0.25) is 0 Å². The SMILES string of the molecule is CCCC/C(N)=C(\CC)C(=O)O. The van der Waals surface area contributed by atoms with E-state index in [2.05, 4.69) is 6.92 Å². The quantitative estimate of drug-likeness (QED) is 0.621. The summed E-state index contributed by atoms with van der Waals surface area (Å²) in [5.74, 6) is -0.883. The van der Waals surface area contributed by atoms with Crippen molar-refractivity contribution in [1.82, 2.24) is 0 Å². The first kappa shape index (κ1) is 11.0. The number of carboxylic acids is 1. The third-order valence-corrected chi connectivity index (χ3v) is 1.80. The predicted octanol–water partition coefficient (Wildman–Crippen LogP) is 1.88. The topological polar surface area (TPSA) is 63.3 Å². The Balaban J connectivity index is 4.27. The van der Waals surface area contributed by atoms with Crippen LogP contribution < -0.4 is 5.73 Å². The van der Waals surface area contributed by atoms with E-state index >= 15 is 0 Å². The Hall–Kier alpha value is -0.990. The summed E-state index contributed by atoms with van der Waals surface area (Å²) in [6.07, 6.45) is 3.21. The van der Waals surface area contributed by atoms with Gasteiger partial charge in [-0.1, -0.05) is 20.3 Å². The number of carbonyl (C=O) groups is 1. The molecule has 0 atom stereocenters. The van der Waals surface area contributed by atoms with Gasteiger partial charge in [-0.15, -0.1) is 0 Å². The number of aliphatic carboxylic acids is 1. The fourth-order valence-electron chi connectivity index (χ4n) is 1.03. The van der Waals surface area contributed by atoms with Crippen LogP contribution >= 0.6 is 0 Å². The van der Waals surface area contributed by atoms with E-state index in [0.717, 1.165) is 12.8 Å². The zero-order valence-corrected chi connectivity index (χ0v) is 7.76. The molecule has 0 aromatic carbocycles. The van der Waals surface area contributed by atoms with Crippen molar-refractivity contribution in [3.8, 4) is 0 Å².